The second-order valence-electron chi connectivity index (χ2n) is 3.43. The lowest BCUT2D eigenvalue weighted by molar-refractivity contribution is 0.445. The second-order valence-corrected chi connectivity index (χ2v) is 3.43. The van der Waals surface area contributed by atoms with Gasteiger partial charge in [0, 0.05) is 0 Å². The van der Waals surface area contributed by atoms with Crippen LogP contribution in [0, 0.1) is 11.8 Å². The van der Waals surface area contributed by atoms with E-state index >= 15 is 0 Å². The maximum Gasteiger partial charge on any atom is 0.481 e. The maximum atomic E-state index is 11.9. The third kappa shape index (κ3) is 1.47. The molecule has 10 heavy (non-hydrogen) atoms. The van der Waals surface area contributed by atoms with Crippen LogP contribution in [0.3, 0.4) is 0 Å². The van der Waals surface area contributed by atoms with Crippen LogP contribution in [0.25, 0.3) is 0 Å². The van der Waals surface area contributed by atoms with Crippen molar-refractivity contribution in [3.63, 3.8) is 0 Å². The summed E-state index contributed by atoms with van der Waals surface area (Å²) in [7, 11) is 0. The second kappa shape index (κ2) is 2.17. The van der Waals surface area contributed by atoms with E-state index in [9.17, 15) is 12.9 Å². The molecule has 1 aliphatic rings. The van der Waals surface area contributed by atoms with E-state index in [-0.39, 0.29) is 11.8 Å². The van der Waals surface area contributed by atoms with Crippen molar-refractivity contribution in [1.29, 1.82) is 0 Å². The van der Waals surface area contributed by atoms with Gasteiger partial charge in [0.25, 0.3) is 0 Å². The third-order valence-corrected chi connectivity index (χ3v) is 2.23. The highest BCUT2D eigenvalue weighted by Gasteiger charge is 2.51. The highest BCUT2D eigenvalue weighted by Crippen LogP contribution is 2.56. The zero-order chi connectivity index (χ0) is 7.94. The summed E-state index contributed by atoms with van der Waals surface area (Å²) >= 11 is 0. The summed E-state index contributed by atoms with van der Waals surface area (Å²) in [4.78, 5) is 0. The molecule has 0 saturated heterocycles. The Morgan fingerprint density at radius 2 is 1.80 bits per heavy atom. The number of hydrogen-bond donors (Lipinski definition) is 0. The van der Waals surface area contributed by atoms with E-state index < -0.39 is 12.8 Å². The zero-order valence-electron chi connectivity index (χ0n) is 6.15. The summed E-state index contributed by atoms with van der Waals surface area (Å²) in [6.07, 6.45) is 0.376. The Labute approximate surface area is 58.9 Å². The topological polar surface area (TPSA) is 0 Å². The van der Waals surface area contributed by atoms with Crippen molar-refractivity contribution in [3.8, 4) is 0 Å². The largest absolute Gasteiger partial charge is 0.481 e. The van der Waals surface area contributed by atoms with E-state index in [1.54, 1.807) is 0 Å². The van der Waals surface area contributed by atoms with Crippen LogP contribution in [0.5, 0.6) is 0 Å². The molecule has 0 amide bonds. The molecule has 0 N–H and O–H groups in total. The minimum absolute atomic E-state index is 0.0694. The molecule has 0 aromatic rings. The van der Waals surface area contributed by atoms with Crippen LogP contribution in [0.4, 0.5) is 12.9 Å². The van der Waals surface area contributed by atoms with E-state index in [4.69, 9.17) is 0 Å². The fourth-order valence-corrected chi connectivity index (χ4v) is 1.44. The van der Waals surface area contributed by atoms with Gasteiger partial charge in [0.05, 0.1) is 0 Å². The molecule has 0 aromatic heterocycles. The van der Waals surface area contributed by atoms with Gasteiger partial charge in [0.15, 0.2) is 0 Å². The van der Waals surface area contributed by atoms with Crippen LogP contribution in [0.1, 0.15) is 20.3 Å². The van der Waals surface area contributed by atoms with Gasteiger partial charge in [0.1, 0.15) is 0 Å². The molecule has 4 heteroatoms. The molecule has 0 aliphatic heterocycles. The predicted octanol–water partition coefficient (Wildman–Crippen LogP) is 2.88. The SMILES string of the molecule is CC(C)C1CC1[B-](F)(F)F. The Balaban J connectivity index is 2.39. The Hall–Kier alpha value is -0.145. The Kier molecular flexibility index (Phi) is 1.73. The fourth-order valence-electron chi connectivity index (χ4n) is 1.44. The van der Waals surface area contributed by atoms with Crippen LogP contribution >= 0.6 is 0 Å². The first-order valence-corrected chi connectivity index (χ1v) is 3.63. The van der Waals surface area contributed by atoms with Crippen molar-refractivity contribution in [2.24, 2.45) is 11.8 Å². The summed E-state index contributed by atoms with van der Waals surface area (Å²) < 4.78 is 35.7. The maximum absolute atomic E-state index is 11.9. The molecular weight excluding hydrogens is 140 g/mol. The third-order valence-electron chi connectivity index (χ3n) is 2.23. The molecular formula is C6H11BF3-. The average molecular weight is 151 g/mol. The molecule has 0 heterocycles. The molecule has 2 atom stereocenters. The minimum atomic E-state index is -4.53. The van der Waals surface area contributed by atoms with Crippen molar-refractivity contribution in [2.75, 3.05) is 0 Å². The minimum Gasteiger partial charge on any atom is -0.449 e. The summed E-state index contributed by atoms with van der Waals surface area (Å²) in [5, 5.41) is 0. The molecule has 1 fully saturated rings. The smallest absolute Gasteiger partial charge is 0.449 e. The number of halogens is 3. The van der Waals surface area contributed by atoms with E-state index in [1.807, 2.05) is 13.8 Å². The number of hydrogen-bond acceptors (Lipinski definition) is 0. The van der Waals surface area contributed by atoms with Crippen molar-refractivity contribution < 1.29 is 12.9 Å². The molecule has 2 unspecified atom stereocenters. The van der Waals surface area contributed by atoms with Gasteiger partial charge in [0.2, 0.25) is 0 Å². The Bertz CT molecular complexity index is 129. The summed E-state index contributed by atoms with van der Waals surface area (Å²) in [6.45, 7) is -0.819. The van der Waals surface area contributed by atoms with Crippen LogP contribution in [-0.4, -0.2) is 6.98 Å². The molecule has 0 aromatic carbocycles. The van der Waals surface area contributed by atoms with Gasteiger partial charge >= 0.3 is 6.98 Å². The van der Waals surface area contributed by atoms with Crippen molar-refractivity contribution in [2.45, 2.75) is 26.1 Å². The molecule has 60 valence electrons. The Morgan fingerprint density at radius 1 is 1.30 bits per heavy atom. The molecule has 1 saturated carbocycles. The average Bonchev–Trinajstić information content (AvgIpc) is 2.35. The highest BCUT2D eigenvalue weighted by atomic mass is 19.4. The van der Waals surface area contributed by atoms with E-state index in [0.29, 0.717) is 6.42 Å². The van der Waals surface area contributed by atoms with Gasteiger partial charge in [-0.2, -0.15) is 0 Å². The summed E-state index contributed by atoms with van der Waals surface area (Å²) in [5.74, 6) is -0.798. The molecule has 0 nitrogen and oxygen atoms in total. The summed E-state index contributed by atoms with van der Waals surface area (Å²) in [6, 6.07) is 0. The molecule has 1 rings (SSSR count). The fraction of sp³-hybridized carbons (Fsp3) is 1.00. The van der Waals surface area contributed by atoms with Gasteiger partial charge in [-0.25, -0.2) is 0 Å². The molecule has 0 radical (unpaired) electrons. The molecule has 0 bridgehead atoms. The van der Waals surface area contributed by atoms with Gasteiger partial charge < -0.3 is 12.9 Å². The normalized spacial score (nSPS) is 33.0. The lowest BCUT2D eigenvalue weighted by Gasteiger charge is -2.13. The first-order chi connectivity index (χ1) is 4.43. The van der Waals surface area contributed by atoms with Crippen molar-refractivity contribution in [1.82, 2.24) is 0 Å². The lowest BCUT2D eigenvalue weighted by atomic mass is 9.80. The predicted molar refractivity (Wildman–Crippen MR) is 35.8 cm³/mol. The van der Waals surface area contributed by atoms with Gasteiger partial charge in [-0.1, -0.05) is 32.0 Å². The lowest BCUT2D eigenvalue weighted by Crippen LogP contribution is -2.16. The first kappa shape index (κ1) is 7.96. The Morgan fingerprint density at radius 3 is 1.90 bits per heavy atom. The quantitative estimate of drug-likeness (QED) is 0.532. The standard InChI is InChI=1S/C6H11BF3/c1-4(2)5-3-6(5)7(8,9)10/h4-6H,3H2,1-2H3/q-1. The van der Waals surface area contributed by atoms with Crippen molar-refractivity contribution in [3.05, 3.63) is 0 Å². The first-order valence-electron chi connectivity index (χ1n) is 3.63. The van der Waals surface area contributed by atoms with Crippen LogP contribution in [0.2, 0.25) is 5.82 Å². The van der Waals surface area contributed by atoms with Gasteiger partial charge in [-0.3, -0.25) is 0 Å². The number of rotatable bonds is 2. The molecule has 1 aliphatic carbocycles. The monoisotopic (exact) mass is 151 g/mol. The highest BCUT2D eigenvalue weighted by molar-refractivity contribution is 6.61. The van der Waals surface area contributed by atoms with E-state index in [1.165, 1.54) is 0 Å². The zero-order valence-corrected chi connectivity index (χ0v) is 6.15. The van der Waals surface area contributed by atoms with Crippen LogP contribution < -0.4 is 0 Å². The van der Waals surface area contributed by atoms with Gasteiger partial charge in [-0.05, 0) is 5.92 Å². The van der Waals surface area contributed by atoms with E-state index in [0.717, 1.165) is 0 Å². The van der Waals surface area contributed by atoms with E-state index in [2.05, 4.69) is 0 Å². The van der Waals surface area contributed by atoms with Crippen LogP contribution in [-0.2, 0) is 0 Å². The van der Waals surface area contributed by atoms with Crippen molar-refractivity contribution >= 4 is 6.98 Å². The van der Waals surface area contributed by atoms with Gasteiger partial charge in [-0.15, -0.1) is 0 Å². The van der Waals surface area contributed by atoms with Crippen LogP contribution in [0.15, 0.2) is 0 Å². The summed E-state index contributed by atoms with van der Waals surface area (Å²) in [5.41, 5.74) is 0. The molecule has 0 spiro atoms.